The van der Waals surface area contributed by atoms with Crippen molar-refractivity contribution in [2.75, 3.05) is 66.1 Å². The Morgan fingerprint density at radius 3 is 2.49 bits per heavy atom. The van der Waals surface area contributed by atoms with Crippen molar-refractivity contribution in [2.24, 2.45) is 0 Å². The normalized spacial score (nSPS) is 18.2. The van der Waals surface area contributed by atoms with Gasteiger partial charge in [0.15, 0.2) is 0 Å². The minimum absolute atomic E-state index is 0.0271. The van der Waals surface area contributed by atoms with Crippen LogP contribution >= 0.6 is 0 Å². The highest BCUT2D eigenvalue weighted by molar-refractivity contribution is 5.99. The van der Waals surface area contributed by atoms with E-state index in [1.165, 1.54) is 0 Å². The van der Waals surface area contributed by atoms with Crippen molar-refractivity contribution in [2.45, 2.75) is 31.2 Å². The Balaban J connectivity index is 1.37. The van der Waals surface area contributed by atoms with Crippen LogP contribution in [0.5, 0.6) is 0 Å². The lowest BCUT2D eigenvalue weighted by Crippen LogP contribution is -2.65. The topological polar surface area (TPSA) is 80.9 Å². The van der Waals surface area contributed by atoms with E-state index >= 15 is 0 Å². The van der Waals surface area contributed by atoms with Crippen molar-refractivity contribution in [3.63, 3.8) is 0 Å². The molecule has 39 heavy (non-hydrogen) atoms. The van der Waals surface area contributed by atoms with Gasteiger partial charge in [0.25, 0.3) is 5.91 Å². The first-order chi connectivity index (χ1) is 19.1. The summed E-state index contributed by atoms with van der Waals surface area (Å²) in [5, 5.41) is 4.40. The molecule has 8 heteroatoms. The zero-order valence-corrected chi connectivity index (χ0v) is 23.0. The number of fused-ring (bicyclic) bond motifs is 1. The second kappa shape index (κ2) is 12.8. The third-order valence-corrected chi connectivity index (χ3v) is 8.34. The number of morpholine rings is 1. The number of carbonyl (C=O) groups excluding carboxylic acids is 2. The molecule has 2 amide bonds. The van der Waals surface area contributed by atoms with Crippen molar-refractivity contribution in [1.29, 1.82) is 0 Å². The molecule has 2 N–H and O–H groups in total. The molecular formula is C31H41N5O3. The molecule has 2 aliphatic rings. The van der Waals surface area contributed by atoms with E-state index in [0.29, 0.717) is 37.9 Å². The minimum atomic E-state index is -0.884. The van der Waals surface area contributed by atoms with Crippen LogP contribution < -0.4 is 5.32 Å². The lowest BCUT2D eigenvalue weighted by atomic mass is 9.83. The first kappa shape index (κ1) is 27.4. The molecule has 3 aromatic rings. The lowest BCUT2D eigenvalue weighted by Gasteiger charge is -2.47. The van der Waals surface area contributed by atoms with Gasteiger partial charge in [-0.3, -0.25) is 14.5 Å². The Labute approximate surface area is 231 Å². The van der Waals surface area contributed by atoms with Gasteiger partial charge in [-0.25, -0.2) is 0 Å². The van der Waals surface area contributed by atoms with Crippen molar-refractivity contribution in [3.05, 3.63) is 71.9 Å². The molecule has 2 aliphatic heterocycles. The van der Waals surface area contributed by atoms with E-state index in [1.807, 2.05) is 53.6 Å². The molecule has 0 saturated carbocycles. The number of H-pyrrole nitrogens is 1. The molecule has 2 aromatic carbocycles. The number of nitrogens with zero attached hydrogens (tertiary/aromatic N) is 3. The van der Waals surface area contributed by atoms with Gasteiger partial charge in [0.1, 0.15) is 5.54 Å². The number of likely N-dealkylation sites (tertiary alicyclic amines) is 1. The summed E-state index contributed by atoms with van der Waals surface area (Å²) in [6, 6.07) is 17.6. The van der Waals surface area contributed by atoms with Crippen LogP contribution in [-0.4, -0.2) is 103 Å². The smallest absolute Gasteiger partial charge is 0.254 e. The fraction of sp³-hybridized carbons (Fsp3) is 0.484. The van der Waals surface area contributed by atoms with Crippen LogP contribution in [0.3, 0.4) is 0 Å². The molecule has 5 rings (SSSR count). The monoisotopic (exact) mass is 531 g/mol. The maximum Gasteiger partial charge on any atom is 0.254 e. The number of benzene rings is 2. The van der Waals surface area contributed by atoms with Gasteiger partial charge in [0.05, 0.1) is 13.2 Å². The summed E-state index contributed by atoms with van der Waals surface area (Å²) in [6.45, 7) is 6.98. The van der Waals surface area contributed by atoms with E-state index in [4.69, 9.17) is 4.74 Å². The number of nitrogens with one attached hydrogen (secondary N) is 2. The molecule has 1 aromatic heterocycles. The van der Waals surface area contributed by atoms with Gasteiger partial charge in [-0.2, -0.15) is 0 Å². The minimum Gasteiger partial charge on any atom is -0.379 e. The van der Waals surface area contributed by atoms with Crippen molar-refractivity contribution >= 4 is 22.7 Å². The SMILES string of the molecule is CN1CCC(C(=O)NCCCN2CCOCC2)(N(CCc2c[nH]c3ccccc23)C(=O)c2ccccc2)CC1. The number of hydrogen-bond donors (Lipinski definition) is 2. The van der Waals surface area contributed by atoms with Crippen LogP contribution in [0.4, 0.5) is 0 Å². The van der Waals surface area contributed by atoms with Gasteiger partial charge in [0.2, 0.25) is 5.91 Å². The molecule has 0 spiro atoms. The average molecular weight is 532 g/mol. The molecule has 208 valence electrons. The maximum absolute atomic E-state index is 14.1. The zero-order valence-electron chi connectivity index (χ0n) is 23.0. The summed E-state index contributed by atoms with van der Waals surface area (Å²) < 4.78 is 5.45. The Morgan fingerprint density at radius 2 is 1.72 bits per heavy atom. The highest BCUT2D eigenvalue weighted by Crippen LogP contribution is 2.32. The first-order valence-electron chi connectivity index (χ1n) is 14.3. The first-order valence-corrected chi connectivity index (χ1v) is 14.3. The van der Waals surface area contributed by atoms with E-state index in [2.05, 4.69) is 39.3 Å². The molecule has 0 radical (unpaired) electrons. The molecule has 3 heterocycles. The van der Waals surface area contributed by atoms with E-state index < -0.39 is 5.54 Å². The molecular weight excluding hydrogens is 490 g/mol. The van der Waals surface area contributed by atoms with E-state index in [0.717, 1.165) is 68.8 Å². The molecule has 2 fully saturated rings. The summed E-state index contributed by atoms with van der Waals surface area (Å²) in [4.78, 5) is 38.0. The van der Waals surface area contributed by atoms with Crippen molar-refractivity contribution in [1.82, 2.24) is 25.0 Å². The number of aromatic amines is 1. The fourth-order valence-electron chi connectivity index (χ4n) is 5.92. The number of para-hydroxylation sites is 1. The standard InChI is InChI=1S/C31H41N5O3/c1-34-18-13-31(14-19-34,30(38)32-15-7-16-35-20-22-39-23-21-35)36(29(37)25-8-3-2-4-9-25)17-12-26-24-33-28-11-6-5-10-27(26)28/h2-6,8-11,24,33H,7,12-23H2,1H3,(H,32,38). The van der Waals surface area contributed by atoms with Crippen LogP contribution in [0.1, 0.15) is 35.2 Å². The summed E-state index contributed by atoms with van der Waals surface area (Å²) in [7, 11) is 2.08. The third-order valence-electron chi connectivity index (χ3n) is 8.34. The molecule has 0 aliphatic carbocycles. The second-order valence-corrected chi connectivity index (χ2v) is 10.8. The van der Waals surface area contributed by atoms with Crippen molar-refractivity contribution in [3.8, 4) is 0 Å². The van der Waals surface area contributed by atoms with Gasteiger partial charge < -0.3 is 24.8 Å². The molecule has 2 saturated heterocycles. The number of hydrogen-bond acceptors (Lipinski definition) is 5. The zero-order chi connectivity index (χ0) is 27.1. The molecule has 8 nitrogen and oxygen atoms in total. The fourth-order valence-corrected chi connectivity index (χ4v) is 5.92. The van der Waals surface area contributed by atoms with Gasteiger partial charge in [-0.15, -0.1) is 0 Å². The average Bonchev–Trinajstić information content (AvgIpc) is 3.40. The van der Waals surface area contributed by atoms with Gasteiger partial charge in [0, 0.05) is 61.9 Å². The Kier molecular flexibility index (Phi) is 8.96. The van der Waals surface area contributed by atoms with Gasteiger partial charge in [-0.05, 0) is 63.0 Å². The van der Waals surface area contributed by atoms with E-state index in [1.54, 1.807) is 0 Å². The van der Waals surface area contributed by atoms with Crippen molar-refractivity contribution < 1.29 is 14.3 Å². The molecule has 0 atom stereocenters. The summed E-state index contributed by atoms with van der Waals surface area (Å²) >= 11 is 0. The van der Waals surface area contributed by atoms with E-state index in [-0.39, 0.29) is 11.8 Å². The largest absolute Gasteiger partial charge is 0.379 e. The van der Waals surface area contributed by atoms with E-state index in [9.17, 15) is 9.59 Å². The Bertz CT molecular complexity index is 1230. The Morgan fingerprint density at radius 1 is 1.00 bits per heavy atom. The predicted octanol–water partition coefficient (Wildman–Crippen LogP) is 3.16. The van der Waals surface area contributed by atoms with Crippen LogP contribution in [0.2, 0.25) is 0 Å². The number of aromatic nitrogens is 1. The number of piperidine rings is 1. The summed E-state index contributed by atoms with van der Waals surface area (Å²) in [5.74, 6) is -0.107. The van der Waals surface area contributed by atoms with Gasteiger partial charge >= 0.3 is 0 Å². The molecule has 0 unspecified atom stereocenters. The third kappa shape index (κ3) is 6.35. The van der Waals surface area contributed by atoms with Crippen LogP contribution in [0.15, 0.2) is 60.8 Å². The number of amides is 2. The number of rotatable bonds is 10. The summed E-state index contributed by atoms with van der Waals surface area (Å²) in [5.41, 5.74) is 1.98. The number of carbonyl (C=O) groups is 2. The van der Waals surface area contributed by atoms with Gasteiger partial charge in [-0.1, -0.05) is 36.4 Å². The highest BCUT2D eigenvalue weighted by Gasteiger charge is 2.47. The highest BCUT2D eigenvalue weighted by atomic mass is 16.5. The van der Waals surface area contributed by atoms with Crippen LogP contribution in [0.25, 0.3) is 10.9 Å². The maximum atomic E-state index is 14.1. The summed E-state index contributed by atoms with van der Waals surface area (Å²) in [6.07, 6.45) is 4.81. The lowest BCUT2D eigenvalue weighted by molar-refractivity contribution is -0.135. The quantitative estimate of drug-likeness (QED) is 0.393. The van der Waals surface area contributed by atoms with Crippen LogP contribution in [-0.2, 0) is 16.0 Å². The second-order valence-electron chi connectivity index (χ2n) is 10.8. The van der Waals surface area contributed by atoms with Crippen LogP contribution in [0, 0.1) is 0 Å². The predicted molar refractivity (Wildman–Crippen MR) is 154 cm³/mol. The Hall–Kier alpha value is -3.20. The molecule has 0 bridgehead atoms. The number of ether oxygens (including phenoxy) is 1.